The minimum Gasteiger partial charge on any atom is -0.329 e. The van der Waals surface area contributed by atoms with Crippen LogP contribution in [-0.4, -0.2) is 95.5 Å². The zero-order valence-electron chi connectivity index (χ0n) is 21.5. The summed E-state index contributed by atoms with van der Waals surface area (Å²) in [6.45, 7) is 3.85. The van der Waals surface area contributed by atoms with Gasteiger partial charge in [0.05, 0.1) is 12.6 Å². The number of ketones is 1. The van der Waals surface area contributed by atoms with Crippen LogP contribution in [-0.2, 0) is 19.6 Å². The molecule has 2 aliphatic rings. The maximum atomic E-state index is 14.1. The Labute approximate surface area is 217 Å². The maximum absolute atomic E-state index is 14.1. The van der Waals surface area contributed by atoms with Gasteiger partial charge < -0.3 is 4.90 Å². The Hall–Kier alpha value is -3.15. The molecule has 3 atom stereocenters. The van der Waals surface area contributed by atoms with E-state index in [9.17, 15) is 22.8 Å². The lowest BCUT2D eigenvalue weighted by Crippen LogP contribution is -2.58. The number of Topliss-reactive ketones (excluding diaryl/α,β-unsaturated/α-hetero) is 1. The molecule has 2 aromatic rings. The molecular formula is C26H33N5O5S. The van der Waals surface area contributed by atoms with E-state index in [0.717, 1.165) is 0 Å². The molecular weight excluding hydrogens is 494 g/mol. The molecule has 1 aromatic carbocycles. The van der Waals surface area contributed by atoms with Crippen LogP contribution in [0.5, 0.6) is 0 Å². The van der Waals surface area contributed by atoms with Gasteiger partial charge in [-0.25, -0.2) is 18.4 Å². The first-order valence-corrected chi connectivity index (χ1v) is 13.8. The number of hydrogen-bond donors (Lipinski definition) is 0. The summed E-state index contributed by atoms with van der Waals surface area (Å²) in [6, 6.07) is 10.9. The third kappa shape index (κ3) is 5.16. The monoisotopic (exact) mass is 527 g/mol. The SMILES string of the molecule is CC(C)CC(C(=O)N1CCC2C1C(=O)CN2S(=O)(=O)c1ccccn1)N(C(=O)c1ccccc1)N(C)C. The first-order valence-electron chi connectivity index (χ1n) is 12.4. The van der Waals surface area contributed by atoms with E-state index in [2.05, 4.69) is 4.98 Å². The van der Waals surface area contributed by atoms with Crippen LogP contribution in [0.15, 0.2) is 59.8 Å². The highest BCUT2D eigenvalue weighted by atomic mass is 32.2. The van der Waals surface area contributed by atoms with Gasteiger partial charge in [-0.15, -0.1) is 0 Å². The number of carbonyl (C=O) groups excluding carboxylic acids is 3. The van der Waals surface area contributed by atoms with E-state index in [1.165, 1.54) is 26.5 Å². The Balaban J connectivity index is 1.64. The van der Waals surface area contributed by atoms with Crippen molar-refractivity contribution < 1.29 is 22.8 Å². The number of hydrogen-bond acceptors (Lipinski definition) is 7. The summed E-state index contributed by atoms with van der Waals surface area (Å²) >= 11 is 0. The average Bonchev–Trinajstić information content (AvgIpc) is 3.45. The number of carbonyl (C=O) groups is 3. The molecule has 1 aromatic heterocycles. The molecule has 2 fully saturated rings. The summed E-state index contributed by atoms with van der Waals surface area (Å²) in [4.78, 5) is 46.2. The maximum Gasteiger partial charge on any atom is 0.268 e. The molecule has 11 heteroatoms. The van der Waals surface area contributed by atoms with Crippen LogP contribution in [0.1, 0.15) is 37.0 Å². The van der Waals surface area contributed by atoms with Gasteiger partial charge in [0.2, 0.25) is 5.91 Å². The number of pyridine rings is 1. The number of aromatic nitrogens is 1. The van der Waals surface area contributed by atoms with E-state index in [4.69, 9.17) is 0 Å². The summed E-state index contributed by atoms with van der Waals surface area (Å²) in [5, 5.41) is 2.91. The van der Waals surface area contributed by atoms with Crippen molar-refractivity contribution in [2.24, 2.45) is 5.92 Å². The van der Waals surface area contributed by atoms with Gasteiger partial charge in [0.1, 0.15) is 12.1 Å². The second-order valence-corrected chi connectivity index (χ2v) is 11.9. The van der Waals surface area contributed by atoms with Gasteiger partial charge in [-0.2, -0.15) is 4.31 Å². The van der Waals surface area contributed by atoms with E-state index in [0.29, 0.717) is 18.4 Å². The van der Waals surface area contributed by atoms with Crippen molar-refractivity contribution in [3.63, 3.8) is 0 Å². The fourth-order valence-corrected chi connectivity index (χ4v) is 6.78. The minimum absolute atomic E-state index is 0.0821. The van der Waals surface area contributed by atoms with Crippen LogP contribution in [0.4, 0.5) is 0 Å². The van der Waals surface area contributed by atoms with Gasteiger partial charge in [0.25, 0.3) is 15.9 Å². The van der Waals surface area contributed by atoms with Gasteiger partial charge in [0, 0.05) is 32.4 Å². The topological polar surface area (TPSA) is 111 Å². The summed E-state index contributed by atoms with van der Waals surface area (Å²) in [7, 11) is -0.594. The number of rotatable bonds is 8. The smallest absolute Gasteiger partial charge is 0.268 e. The highest BCUT2D eigenvalue weighted by Crippen LogP contribution is 2.35. The zero-order valence-corrected chi connectivity index (χ0v) is 22.3. The first kappa shape index (κ1) is 26.9. The minimum atomic E-state index is -4.00. The van der Waals surface area contributed by atoms with Crippen molar-refractivity contribution in [1.29, 1.82) is 0 Å². The average molecular weight is 528 g/mol. The lowest BCUT2D eigenvalue weighted by atomic mass is 10.00. The molecule has 2 amide bonds. The molecule has 0 saturated carbocycles. The fraction of sp³-hybridized carbons (Fsp3) is 0.462. The summed E-state index contributed by atoms with van der Waals surface area (Å²) in [5.41, 5.74) is 0.446. The molecule has 4 rings (SSSR count). The van der Waals surface area contributed by atoms with Crippen LogP contribution in [0.25, 0.3) is 0 Å². The standard InChI is InChI=1S/C26H33N5O5S/c1-18(2)16-21(31(28(3)4)25(33)19-10-6-5-7-11-19)26(34)29-15-13-20-24(29)22(32)17-30(20)37(35,36)23-12-8-9-14-27-23/h5-12,14,18,20-21,24H,13,15-17H2,1-4H3. The number of sulfonamides is 1. The van der Waals surface area contributed by atoms with E-state index >= 15 is 0 Å². The van der Waals surface area contributed by atoms with Crippen LogP contribution >= 0.6 is 0 Å². The van der Waals surface area contributed by atoms with Crippen LogP contribution < -0.4 is 0 Å². The fourth-order valence-electron chi connectivity index (χ4n) is 5.22. The third-order valence-corrected chi connectivity index (χ3v) is 8.59. The Morgan fingerprint density at radius 3 is 2.35 bits per heavy atom. The highest BCUT2D eigenvalue weighted by Gasteiger charge is 2.55. The van der Waals surface area contributed by atoms with Gasteiger partial charge in [-0.3, -0.25) is 19.4 Å². The molecule has 2 saturated heterocycles. The lowest BCUT2D eigenvalue weighted by Gasteiger charge is -2.39. The van der Waals surface area contributed by atoms with Gasteiger partial charge in [-0.1, -0.05) is 38.1 Å². The number of hydrazine groups is 1. The first-order chi connectivity index (χ1) is 17.5. The van der Waals surface area contributed by atoms with Crippen LogP contribution in [0.3, 0.4) is 0 Å². The van der Waals surface area contributed by atoms with Crippen LogP contribution in [0.2, 0.25) is 0 Å². The second-order valence-electron chi connectivity index (χ2n) is 10.0. The van der Waals surface area contributed by atoms with E-state index in [-0.39, 0.29) is 41.6 Å². The molecule has 0 aliphatic carbocycles. The molecule has 0 spiro atoms. The largest absolute Gasteiger partial charge is 0.329 e. The predicted molar refractivity (Wildman–Crippen MR) is 137 cm³/mol. The van der Waals surface area contributed by atoms with E-state index in [1.54, 1.807) is 55.5 Å². The molecule has 0 N–H and O–H groups in total. The molecule has 0 radical (unpaired) electrons. The van der Waals surface area contributed by atoms with Crippen LogP contribution in [0, 0.1) is 5.92 Å². The van der Waals surface area contributed by atoms with Crippen molar-refractivity contribution in [3.8, 4) is 0 Å². The quantitative estimate of drug-likeness (QED) is 0.480. The molecule has 2 aliphatic heterocycles. The Morgan fingerprint density at radius 2 is 1.76 bits per heavy atom. The Morgan fingerprint density at radius 1 is 1.08 bits per heavy atom. The van der Waals surface area contributed by atoms with Crippen molar-refractivity contribution in [1.82, 2.24) is 24.2 Å². The number of benzene rings is 1. The van der Waals surface area contributed by atoms with E-state index in [1.807, 2.05) is 19.9 Å². The summed E-state index contributed by atoms with van der Waals surface area (Å²) in [6.07, 6.45) is 2.10. The van der Waals surface area contributed by atoms with Gasteiger partial charge in [-0.05, 0) is 43.0 Å². The molecule has 0 bridgehead atoms. The molecule has 37 heavy (non-hydrogen) atoms. The molecule has 10 nitrogen and oxygen atoms in total. The number of amides is 2. The molecule has 198 valence electrons. The second kappa shape index (κ2) is 10.7. The van der Waals surface area contributed by atoms with Crippen molar-refractivity contribution in [2.45, 2.75) is 49.8 Å². The predicted octanol–water partition coefficient (Wildman–Crippen LogP) is 1.66. The highest BCUT2D eigenvalue weighted by molar-refractivity contribution is 7.89. The number of likely N-dealkylation sites (tertiary alicyclic amines) is 1. The zero-order chi connectivity index (χ0) is 26.9. The van der Waals surface area contributed by atoms with Gasteiger partial charge >= 0.3 is 0 Å². The third-order valence-electron chi connectivity index (χ3n) is 6.81. The Bertz CT molecular complexity index is 1250. The number of fused-ring (bicyclic) bond motifs is 1. The van der Waals surface area contributed by atoms with Gasteiger partial charge in [0.15, 0.2) is 10.8 Å². The number of nitrogens with zero attached hydrogens (tertiary/aromatic N) is 5. The molecule has 3 unspecified atom stereocenters. The Kier molecular flexibility index (Phi) is 7.77. The summed E-state index contributed by atoms with van der Waals surface area (Å²) < 4.78 is 27.7. The van der Waals surface area contributed by atoms with Crippen molar-refractivity contribution in [2.75, 3.05) is 27.2 Å². The normalized spacial score (nSPS) is 20.9. The lowest BCUT2D eigenvalue weighted by molar-refractivity contribution is -0.145. The van der Waals surface area contributed by atoms with Crippen molar-refractivity contribution >= 4 is 27.6 Å². The summed E-state index contributed by atoms with van der Waals surface area (Å²) in [5.74, 6) is -0.926. The van der Waals surface area contributed by atoms with E-state index < -0.39 is 28.1 Å². The van der Waals surface area contributed by atoms with Crippen molar-refractivity contribution in [3.05, 3.63) is 60.3 Å². The molecule has 3 heterocycles.